The second-order valence-electron chi connectivity index (χ2n) is 3.80. The van der Waals surface area contributed by atoms with Gasteiger partial charge in [-0.05, 0) is 25.7 Å². The highest BCUT2D eigenvalue weighted by molar-refractivity contribution is 5.79. The smallest absolute Gasteiger partial charge is 0.190 e. The predicted octanol–water partition coefficient (Wildman–Crippen LogP) is 1.36. The molecule has 3 heteroatoms. The van der Waals surface area contributed by atoms with Gasteiger partial charge >= 0.3 is 0 Å². The van der Waals surface area contributed by atoms with Crippen LogP contribution >= 0.6 is 0 Å². The summed E-state index contributed by atoms with van der Waals surface area (Å²) in [7, 11) is 3.71. The van der Waals surface area contributed by atoms with E-state index in [-0.39, 0.29) is 0 Å². The molecule has 0 aromatic heterocycles. The first-order valence-corrected chi connectivity index (χ1v) is 5.19. The van der Waals surface area contributed by atoms with Crippen molar-refractivity contribution >= 4 is 5.96 Å². The monoisotopic (exact) mass is 183 g/mol. The van der Waals surface area contributed by atoms with Crippen LogP contribution < -0.4 is 10.6 Å². The molecule has 1 aliphatic rings. The van der Waals surface area contributed by atoms with Gasteiger partial charge in [-0.25, -0.2) is 0 Å². The second kappa shape index (κ2) is 5.10. The molecule has 76 valence electrons. The number of nitrogens with one attached hydrogen (secondary N) is 2. The van der Waals surface area contributed by atoms with Crippen LogP contribution in [0.1, 0.15) is 32.6 Å². The topological polar surface area (TPSA) is 36.4 Å². The highest BCUT2D eigenvalue weighted by Crippen LogP contribution is 2.27. The lowest BCUT2D eigenvalue weighted by Crippen LogP contribution is -2.43. The van der Waals surface area contributed by atoms with Gasteiger partial charge < -0.3 is 10.6 Å². The minimum Gasteiger partial charge on any atom is -0.359 e. The number of aliphatic imine (C=N–C) groups is 1. The summed E-state index contributed by atoms with van der Waals surface area (Å²) in [5.41, 5.74) is 0. The lowest BCUT2D eigenvalue weighted by atomic mass is 10.0. The zero-order valence-electron chi connectivity index (χ0n) is 8.93. The van der Waals surface area contributed by atoms with Gasteiger partial charge in [-0.15, -0.1) is 0 Å². The second-order valence-corrected chi connectivity index (χ2v) is 3.80. The van der Waals surface area contributed by atoms with Crippen molar-refractivity contribution in [2.75, 3.05) is 14.1 Å². The maximum absolute atomic E-state index is 4.11. The average Bonchev–Trinajstić information content (AvgIpc) is 2.66. The van der Waals surface area contributed by atoms with Gasteiger partial charge in [0.2, 0.25) is 0 Å². The molecule has 0 aromatic carbocycles. The van der Waals surface area contributed by atoms with Crippen molar-refractivity contribution in [1.29, 1.82) is 0 Å². The highest BCUT2D eigenvalue weighted by atomic mass is 15.2. The maximum atomic E-state index is 4.11. The first-order valence-electron chi connectivity index (χ1n) is 5.19. The highest BCUT2D eigenvalue weighted by Gasteiger charge is 2.21. The predicted molar refractivity (Wildman–Crippen MR) is 57.0 cm³/mol. The molecule has 2 N–H and O–H groups in total. The Morgan fingerprint density at radius 3 is 2.46 bits per heavy atom. The van der Waals surface area contributed by atoms with Crippen molar-refractivity contribution < 1.29 is 0 Å². The Kier molecular flexibility index (Phi) is 4.06. The Labute approximate surface area is 81.0 Å². The van der Waals surface area contributed by atoms with Crippen LogP contribution in [0.15, 0.2) is 4.99 Å². The van der Waals surface area contributed by atoms with Crippen molar-refractivity contribution in [1.82, 2.24) is 10.6 Å². The van der Waals surface area contributed by atoms with Crippen LogP contribution in [0.4, 0.5) is 0 Å². The van der Waals surface area contributed by atoms with E-state index in [9.17, 15) is 0 Å². The van der Waals surface area contributed by atoms with Crippen LogP contribution in [0.5, 0.6) is 0 Å². The van der Waals surface area contributed by atoms with E-state index in [4.69, 9.17) is 0 Å². The van der Waals surface area contributed by atoms with E-state index < -0.39 is 0 Å². The Balaban J connectivity index is 2.34. The quantitative estimate of drug-likeness (QED) is 0.501. The van der Waals surface area contributed by atoms with Crippen molar-refractivity contribution in [3.05, 3.63) is 0 Å². The van der Waals surface area contributed by atoms with E-state index >= 15 is 0 Å². The summed E-state index contributed by atoms with van der Waals surface area (Å²) < 4.78 is 0. The molecule has 1 fully saturated rings. The molecule has 0 spiro atoms. The van der Waals surface area contributed by atoms with Crippen LogP contribution in [0.2, 0.25) is 0 Å². The van der Waals surface area contributed by atoms with Gasteiger partial charge in [0.15, 0.2) is 5.96 Å². The van der Waals surface area contributed by atoms with Gasteiger partial charge in [0, 0.05) is 20.1 Å². The summed E-state index contributed by atoms with van der Waals surface area (Å²) in [6, 6.07) is 0.550. The fourth-order valence-electron chi connectivity index (χ4n) is 2.04. The van der Waals surface area contributed by atoms with Gasteiger partial charge in [-0.2, -0.15) is 0 Å². The van der Waals surface area contributed by atoms with Crippen molar-refractivity contribution in [2.45, 2.75) is 38.6 Å². The number of hydrogen-bond acceptors (Lipinski definition) is 1. The molecular formula is C10H21N3. The Hall–Kier alpha value is -0.730. The van der Waals surface area contributed by atoms with E-state index in [1.54, 1.807) is 7.05 Å². The number of guanidine groups is 1. The molecule has 3 nitrogen and oxygen atoms in total. The third-order valence-electron chi connectivity index (χ3n) is 2.93. The largest absolute Gasteiger partial charge is 0.359 e. The number of nitrogens with zero attached hydrogens (tertiary/aromatic N) is 1. The summed E-state index contributed by atoms with van der Waals surface area (Å²) in [5, 5.41) is 6.44. The van der Waals surface area contributed by atoms with E-state index in [0.29, 0.717) is 6.04 Å². The van der Waals surface area contributed by atoms with E-state index in [1.807, 2.05) is 7.05 Å². The number of hydrogen-bond donors (Lipinski definition) is 2. The van der Waals surface area contributed by atoms with Crippen molar-refractivity contribution in [2.24, 2.45) is 10.9 Å². The summed E-state index contributed by atoms with van der Waals surface area (Å²) >= 11 is 0. The number of rotatable bonds is 2. The Morgan fingerprint density at radius 2 is 2.00 bits per heavy atom. The molecule has 1 saturated carbocycles. The minimum atomic E-state index is 0.550. The molecule has 0 saturated heterocycles. The van der Waals surface area contributed by atoms with Crippen molar-refractivity contribution in [3.63, 3.8) is 0 Å². The molecular weight excluding hydrogens is 162 g/mol. The third-order valence-corrected chi connectivity index (χ3v) is 2.93. The summed E-state index contributed by atoms with van der Waals surface area (Å²) in [4.78, 5) is 4.11. The van der Waals surface area contributed by atoms with Crippen LogP contribution in [0, 0.1) is 5.92 Å². The lowest BCUT2D eigenvalue weighted by molar-refractivity contribution is 0.423. The molecule has 0 unspecified atom stereocenters. The Bertz CT molecular complexity index is 171. The van der Waals surface area contributed by atoms with Crippen LogP contribution in [0.25, 0.3) is 0 Å². The van der Waals surface area contributed by atoms with Crippen LogP contribution in [-0.2, 0) is 0 Å². The fraction of sp³-hybridized carbons (Fsp3) is 0.900. The molecule has 0 aromatic rings. The summed E-state index contributed by atoms with van der Waals surface area (Å²) in [5.74, 6) is 1.74. The summed E-state index contributed by atoms with van der Waals surface area (Å²) in [6.45, 7) is 2.25. The van der Waals surface area contributed by atoms with E-state index in [1.165, 1.54) is 25.7 Å². The van der Waals surface area contributed by atoms with Crippen LogP contribution in [-0.4, -0.2) is 26.1 Å². The zero-order valence-corrected chi connectivity index (χ0v) is 8.93. The summed E-state index contributed by atoms with van der Waals surface area (Å²) in [6.07, 6.45) is 5.54. The standard InChI is InChI=1S/C10H21N3/c1-8(9-6-4-5-7-9)13-10(11-2)12-3/h8-9H,4-7H2,1-3H3,(H2,11,12,13)/t8-/m0/s1. The first kappa shape index (κ1) is 10.4. The molecule has 1 atom stereocenters. The molecule has 0 bridgehead atoms. The Morgan fingerprint density at radius 1 is 1.38 bits per heavy atom. The van der Waals surface area contributed by atoms with E-state index in [0.717, 1.165) is 11.9 Å². The van der Waals surface area contributed by atoms with Crippen molar-refractivity contribution in [3.8, 4) is 0 Å². The molecule has 0 heterocycles. The maximum Gasteiger partial charge on any atom is 0.190 e. The molecule has 0 radical (unpaired) electrons. The van der Waals surface area contributed by atoms with E-state index in [2.05, 4.69) is 22.5 Å². The molecule has 1 aliphatic carbocycles. The third kappa shape index (κ3) is 2.90. The van der Waals surface area contributed by atoms with Gasteiger partial charge in [-0.1, -0.05) is 12.8 Å². The minimum absolute atomic E-state index is 0.550. The van der Waals surface area contributed by atoms with Gasteiger partial charge in [0.05, 0.1) is 0 Å². The average molecular weight is 183 g/mol. The molecule has 0 aliphatic heterocycles. The van der Waals surface area contributed by atoms with Gasteiger partial charge in [0.1, 0.15) is 0 Å². The van der Waals surface area contributed by atoms with Gasteiger partial charge in [-0.3, -0.25) is 4.99 Å². The normalized spacial score (nSPS) is 21.6. The fourth-order valence-corrected chi connectivity index (χ4v) is 2.04. The molecule has 13 heavy (non-hydrogen) atoms. The lowest BCUT2D eigenvalue weighted by Gasteiger charge is -2.21. The molecule has 0 amide bonds. The first-order chi connectivity index (χ1) is 6.27. The van der Waals surface area contributed by atoms with Crippen LogP contribution in [0.3, 0.4) is 0 Å². The zero-order chi connectivity index (χ0) is 9.68. The molecule has 1 rings (SSSR count). The van der Waals surface area contributed by atoms with Gasteiger partial charge in [0.25, 0.3) is 0 Å². The SMILES string of the molecule is CN=C(NC)N[C@@H](C)C1CCCC1.